The molecule has 0 bridgehead atoms. The van der Waals surface area contributed by atoms with Gasteiger partial charge in [0.15, 0.2) is 0 Å². The number of nitrogens with zero attached hydrogens (tertiary/aromatic N) is 3. The summed E-state index contributed by atoms with van der Waals surface area (Å²) in [4.78, 5) is 24.4. The van der Waals surface area contributed by atoms with E-state index in [1.54, 1.807) is 13.1 Å². The van der Waals surface area contributed by atoms with Gasteiger partial charge in [-0.3, -0.25) is 0 Å². The zero-order valence-electron chi connectivity index (χ0n) is 9.65. The van der Waals surface area contributed by atoms with E-state index in [2.05, 4.69) is 15.0 Å². The second-order valence-corrected chi connectivity index (χ2v) is 5.56. The van der Waals surface area contributed by atoms with Crippen molar-refractivity contribution in [1.29, 1.82) is 0 Å². The molecule has 0 fully saturated rings. The number of carboxylic acid groups (broad SMARTS) is 1. The van der Waals surface area contributed by atoms with E-state index in [0.717, 1.165) is 16.7 Å². The number of rotatable bonds is 3. The average molecular weight is 293 g/mol. The Balaban J connectivity index is 2.17. The van der Waals surface area contributed by atoms with Gasteiger partial charge in [-0.2, -0.15) is 0 Å². The van der Waals surface area contributed by atoms with Gasteiger partial charge in [-0.05, 0) is 24.2 Å². The standard InChI is InChI=1S/C11H7N3O3S2/c1-5-6-8(18-7(5)10(15)16)13-4-14-9(6)19-11-12-2-3-17-11/h2-4H,1H3,(H,15,16). The summed E-state index contributed by atoms with van der Waals surface area (Å²) in [6, 6.07) is 0. The number of thiophene rings is 1. The fraction of sp³-hybridized carbons (Fsp3) is 0.0909. The van der Waals surface area contributed by atoms with Crippen LogP contribution in [0.5, 0.6) is 0 Å². The normalized spacial score (nSPS) is 11.0. The van der Waals surface area contributed by atoms with E-state index >= 15 is 0 Å². The Bertz CT molecular complexity index is 752. The van der Waals surface area contributed by atoms with Gasteiger partial charge in [-0.25, -0.2) is 19.7 Å². The molecule has 0 aromatic carbocycles. The molecule has 0 spiro atoms. The Hall–Kier alpha value is -1.93. The maximum atomic E-state index is 11.1. The molecule has 6 nitrogen and oxygen atoms in total. The van der Waals surface area contributed by atoms with E-state index in [0.29, 0.717) is 20.6 Å². The monoisotopic (exact) mass is 293 g/mol. The van der Waals surface area contributed by atoms with Gasteiger partial charge in [0.1, 0.15) is 27.3 Å². The predicted octanol–water partition coefficient (Wildman–Crippen LogP) is 2.84. The number of hydrogen-bond donors (Lipinski definition) is 1. The van der Waals surface area contributed by atoms with Crippen molar-refractivity contribution in [2.45, 2.75) is 17.2 Å². The van der Waals surface area contributed by atoms with Crippen LogP contribution in [0.25, 0.3) is 10.2 Å². The molecule has 8 heteroatoms. The van der Waals surface area contributed by atoms with Crippen molar-refractivity contribution in [1.82, 2.24) is 15.0 Å². The van der Waals surface area contributed by atoms with Crippen LogP contribution >= 0.6 is 23.1 Å². The SMILES string of the molecule is Cc1c(C(=O)O)sc2ncnc(Sc3ncco3)c12. The van der Waals surface area contributed by atoms with Crippen molar-refractivity contribution >= 4 is 39.3 Å². The zero-order chi connectivity index (χ0) is 13.4. The Morgan fingerprint density at radius 3 is 2.95 bits per heavy atom. The first kappa shape index (κ1) is 12.1. The van der Waals surface area contributed by atoms with Gasteiger partial charge < -0.3 is 9.52 Å². The molecule has 0 atom stereocenters. The summed E-state index contributed by atoms with van der Waals surface area (Å²) in [5, 5.41) is 11.0. The third-order valence-corrected chi connectivity index (χ3v) is 4.55. The van der Waals surface area contributed by atoms with Crippen LogP contribution in [0.3, 0.4) is 0 Å². The quantitative estimate of drug-likeness (QED) is 0.742. The van der Waals surface area contributed by atoms with Crippen LogP contribution in [-0.2, 0) is 0 Å². The minimum atomic E-state index is -0.951. The summed E-state index contributed by atoms with van der Waals surface area (Å²) in [5.74, 6) is -0.951. The summed E-state index contributed by atoms with van der Waals surface area (Å²) < 4.78 is 5.16. The molecule has 0 unspecified atom stereocenters. The second-order valence-electron chi connectivity index (χ2n) is 3.62. The van der Waals surface area contributed by atoms with Gasteiger partial charge >= 0.3 is 5.97 Å². The summed E-state index contributed by atoms with van der Waals surface area (Å²) in [5.41, 5.74) is 0.669. The minimum absolute atomic E-state index is 0.282. The van der Waals surface area contributed by atoms with Crippen molar-refractivity contribution in [3.05, 3.63) is 29.2 Å². The number of carboxylic acids is 1. The maximum absolute atomic E-state index is 11.1. The van der Waals surface area contributed by atoms with Crippen LogP contribution in [0.15, 0.2) is 33.5 Å². The largest absolute Gasteiger partial charge is 0.477 e. The van der Waals surface area contributed by atoms with Crippen molar-refractivity contribution in [3.8, 4) is 0 Å². The summed E-state index contributed by atoms with van der Waals surface area (Å²) in [7, 11) is 0. The van der Waals surface area contributed by atoms with Crippen molar-refractivity contribution in [2.75, 3.05) is 0 Å². The summed E-state index contributed by atoms with van der Waals surface area (Å²) in [6.45, 7) is 1.76. The van der Waals surface area contributed by atoms with Crippen molar-refractivity contribution in [3.63, 3.8) is 0 Å². The molecule has 96 valence electrons. The fourth-order valence-electron chi connectivity index (χ4n) is 1.66. The summed E-state index contributed by atoms with van der Waals surface area (Å²) in [6.07, 6.45) is 4.43. The first-order valence-electron chi connectivity index (χ1n) is 5.21. The van der Waals surface area contributed by atoms with E-state index in [9.17, 15) is 4.79 Å². The number of aryl methyl sites for hydroxylation is 1. The lowest BCUT2D eigenvalue weighted by molar-refractivity contribution is 0.0701. The van der Waals surface area contributed by atoms with Crippen LogP contribution in [0.1, 0.15) is 15.2 Å². The number of hydrogen-bond acceptors (Lipinski definition) is 7. The molecule has 0 saturated heterocycles. The molecule has 0 aliphatic heterocycles. The Kier molecular flexibility index (Phi) is 2.96. The van der Waals surface area contributed by atoms with Gasteiger partial charge in [0.2, 0.25) is 0 Å². The van der Waals surface area contributed by atoms with E-state index in [1.807, 2.05) is 0 Å². The molecule has 1 N–H and O–H groups in total. The van der Waals surface area contributed by atoms with Crippen molar-refractivity contribution in [2.24, 2.45) is 0 Å². The van der Waals surface area contributed by atoms with Gasteiger partial charge in [0, 0.05) is 5.39 Å². The van der Waals surface area contributed by atoms with Gasteiger partial charge in [0.25, 0.3) is 5.22 Å². The number of oxazole rings is 1. The number of carbonyl (C=O) groups is 1. The highest BCUT2D eigenvalue weighted by Gasteiger charge is 2.19. The molecular formula is C11H7N3O3S2. The number of aromatic nitrogens is 3. The molecule has 0 radical (unpaired) electrons. The smallest absolute Gasteiger partial charge is 0.346 e. The van der Waals surface area contributed by atoms with E-state index in [1.165, 1.54) is 24.4 Å². The van der Waals surface area contributed by atoms with Gasteiger partial charge in [-0.15, -0.1) is 11.3 Å². The molecule has 3 rings (SSSR count). The lowest BCUT2D eigenvalue weighted by atomic mass is 10.2. The van der Waals surface area contributed by atoms with Crippen LogP contribution < -0.4 is 0 Å². The topological polar surface area (TPSA) is 89.1 Å². The fourth-order valence-corrected chi connectivity index (χ4v) is 3.55. The van der Waals surface area contributed by atoms with Crippen LogP contribution in [0.2, 0.25) is 0 Å². The van der Waals surface area contributed by atoms with Crippen LogP contribution in [0, 0.1) is 6.92 Å². The molecule has 3 aromatic heterocycles. The number of fused-ring (bicyclic) bond motifs is 1. The lowest BCUT2D eigenvalue weighted by Crippen LogP contribution is -1.94. The lowest BCUT2D eigenvalue weighted by Gasteiger charge is -1.99. The Morgan fingerprint density at radius 1 is 1.42 bits per heavy atom. The highest BCUT2D eigenvalue weighted by atomic mass is 32.2. The molecular weight excluding hydrogens is 286 g/mol. The predicted molar refractivity (Wildman–Crippen MR) is 69.7 cm³/mol. The van der Waals surface area contributed by atoms with Crippen LogP contribution in [-0.4, -0.2) is 26.0 Å². The Labute approximate surface area is 115 Å². The summed E-state index contributed by atoms with van der Waals surface area (Å²) >= 11 is 2.39. The maximum Gasteiger partial charge on any atom is 0.346 e. The molecule has 3 aromatic rings. The third kappa shape index (κ3) is 2.08. The van der Waals surface area contributed by atoms with E-state index in [4.69, 9.17) is 9.52 Å². The van der Waals surface area contributed by atoms with Gasteiger partial charge in [-0.1, -0.05) is 0 Å². The van der Waals surface area contributed by atoms with Crippen molar-refractivity contribution < 1.29 is 14.3 Å². The first-order valence-corrected chi connectivity index (χ1v) is 6.85. The van der Waals surface area contributed by atoms with E-state index < -0.39 is 5.97 Å². The molecule has 0 amide bonds. The zero-order valence-corrected chi connectivity index (χ0v) is 11.3. The van der Waals surface area contributed by atoms with Gasteiger partial charge in [0.05, 0.1) is 6.20 Å². The molecule has 3 heterocycles. The van der Waals surface area contributed by atoms with Crippen LogP contribution in [0.4, 0.5) is 0 Å². The molecule has 0 aliphatic rings. The molecule has 0 saturated carbocycles. The molecule has 19 heavy (non-hydrogen) atoms. The average Bonchev–Trinajstić information content (AvgIpc) is 2.98. The second kappa shape index (κ2) is 4.63. The molecule has 0 aliphatic carbocycles. The third-order valence-electron chi connectivity index (χ3n) is 2.48. The Morgan fingerprint density at radius 2 is 2.26 bits per heavy atom. The number of aromatic carboxylic acids is 1. The minimum Gasteiger partial charge on any atom is -0.477 e. The van der Waals surface area contributed by atoms with E-state index in [-0.39, 0.29) is 4.88 Å². The first-order chi connectivity index (χ1) is 9.16. The highest BCUT2D eigenvalue weighted by molar-refractivity contribution is 7.99. The highest BCUT2D eigenvalue weighted by Crippen LogP contribution is 2.37.